The Balaban J connectivity index is 1.61. The molecule has 0 aliphatic carbocycles. The smallest absolute Gasteiger partial charge is 0.256 e. The SMILES string of the molecule is COCC(=O)Nc1ccc(NC(=O)c2cc(-c3ccc(OC)cc3)nc3ccccc23)cc1. The second kappa shape index (κ2) is 9.93. The van der Waals surface area contributed by atoms with Gasteiger partial charge in [0.1, 0.15) is 12.4 Å². The highest BCUT2D eigenvalue weighted by molar-refractivity contribution is 6.13. The molecule has 0 atom stereocenters. The van der Waals surface area contributed by atoms with E-state index in [-0.39, 0.29) is 18.4 Å². The van der Waals surface area contributed by atoms with Crippen LogP contribution in [0.3, 0.4) is 0 Å². The standard InChI is InChI=1S/C26H23N3O4/c1-32-16-25(30)27-18-9-11-19(12-10-18)28-26(31)22-15-24(17-7-13-20(33-2)14-8-17)29-23-6-4-3-5-21(22)23/h3-15H,16H2,1-2H3,(H,27,30)(H,28,31). The van der Waals surface area contributed by atoms with E-state index in [0.29, 0.717) is 22.6 Å². The molecule has 0 bridgehead atoms. The van der Waals surface area contributed by atoms with Crippen LogP contribution in [0.1, 0.15) is 10.4 Å². The van der Waals surface area contributed by atoms with Crippen molar-refractivity contribution in [3.05, 3.63) is 84.4 Å². The van der Waals surface area contributed by atoms with Crippen LogP contribution in [0, 0.1) is 0 Å². The molecule has 0 aliphatic heterocycles. The predicted molar refractivity (Wildman–Crippen MR) is 129 cm³/mol. The number of pyridine rings is 1. The van der Waals surface area contributed by atoms with E-state index in [9.17, 15) is 9.59 Å². The van der Waals surface area contributed by atoms with E-state index in [1.165, 1.54) is 7.11 Å². The van der Waals surface area contributed by atoms with Gasteiger partial charge in [0, 0.05) is 29.4 Å². The Labute approximate surface area is 191 Å². The Hall–Kier alpha value is -4.23. The van der Waals surface area contributed by atoms with Crippen molar-refractivity contribution in [2.45, 2.75) is 0 Å². The van der Waals surface area contributed by atoms with Gasteiger partial charge in [0.25, 0.3) is 5.91 Å². The third-order valence-corrected chi connectivity index (χ3v) is 5.05. The normalized spacial score (nSPS) is 10.6. The molecule has 1 heterocycles. The molecule has 2 amide bonds. The number of anilines is 2. The maximum Gasteiger partial charge on any atom is 0.256 e. The number of ether oxygens (including phenoxy) is 2. The minimum absolute atomic E-state index is 0.0237. The van der Waals surface area contributed by atoms with Crippen LogP contribution in [0.25, 0.3) is 22.2 Å². The summed E-state index contributed by atoms with van der Waals surface area (Å²) in [5.41, 5.74) is 4.04. The molecule has 0 saturated heterocycles. The van der Waals surface area contributed by atoms with Gasteiger partial charge in [-0.1, -0.05) is 18.2 Å². The van der Waals surface area contributed by atoms with Crippen molar-refractivity contribution >= 4 is 34.1 Å². The molecule has 33 heavy (non-hydrogen) atoms. The number of fused-ring (bicyclic) bond motifs is 1. The molecular formula is C26H23N3O4. The summed E-state index contributed by atoms with van der Waals surface area (Å²) in [6, 6.07) is 23.8. The van der Waals surface area contributed by atoms with Crippen molar-refractivity contribution in [1.29, 1.82) is 0 Å². The monoisotopic (exact) mass is 441 g/mol. The topological polar surface area (TPSA) is 89.6 Å². The van der Waals surface area contributed by atoms with Crippen LogP contribution in [0.2, 0.25) is 0 Å². The minimum Gasteiger partial charge on any atom is -0.497 e. The zero-order valence-corrected chi connectivity index (χ0v) is 18.3. The number of carbonyl (C=O) groups excluding carboxylic acids is 2. The number of nitrogens with one attached hydrogen (secondary N) is 2. The Morgan fingerprint density at radius 2 is 1.52 bits per heavy atom. The second-order valence-electron chi connectivity index (χ2n) is 7.31. The number of carbonyl (C=O) groups is 2. The lowest BCUT2D eigenvalue weighted by Gasteiger charge is -2.12. The van der Waals surface area contributed by atoms with Crippen molar-refractivity contribution in [3.63, 3.8) is 0 Å². The number of para-hydroxylation sites is 1. The summed E-state index contributed by atoms with van der Waals surface area (Å²) < 4.78 is 10.0. The van der Waals surface area contributed by atoms with Gasteiger partial charge in [-0.15, -0.1) is 0 Å². The van der Waals surface area contributed by atoms with Gasteiger partial charge < -0.3 is 20.1 Å². The first-order chi connectivity index (χ1) is 16.1. The summed E-state index contributed by atoms with van der Waals surface area (Å²) in [5, 5.41) is 6.41. The molecule has 7 heteroatoms. The zero-order chi connectivity index (χ0) is 23.2. The first-order valence-electron chi connectivity index (χ1n) is 10.3. The van der Waals surface area contributed by atoms with Gasteiger partial charge in [-0.25, -0.2) is 4.98 Å². The number of nitrogens with zero attached hydrogens (tertiary/aromatic N) is 1. The van der Waals surface area contributed by atoms with Gasteiger partial charge in [0.2, 0.25) is 5.91 Å². The molecule has 0 saturated carbocycles. The van der Waals surface area contributed by atoms with Crippen molar-refractivity contribution in [2.24, 2.45) is 0 Å². The summed E-state index contributed by atoms with van der Waals surface area (Å²) >= 11 is 0. The molecule has 2 N–H and O–H groups in total. The Morgan fingerprint density at radius 1 is 0.848 bits per heavy atom. The number of aromatic nitrogens is 1. The average molecular weight is 441 g/mol. The fraction of sp³-hybridized carbons (Fsp3) is 0.115. The van der Waals surface area contributed by atoms with Crippen LogP contribution in [-0.4, -0.2) is 37.6 Å². The lowest BCUT2D eigenvalue weighted by molar-refractivity contribution is -0.119. The lowest BCUT2D eigenvalue weighted by atomic mass is 10.0. The van der Waals surface area contributed by atoms with Gasteiger partial charge in [0.05, 0.1) is 23.9 Å². The maximum atomic E-state index is 13.2. The highest BCUT2D eigenvalue weighted by Gasteiger charge is 2.14. The van der Waals surface area contributed by atoms with E-state index in [2.05, 4.69) is 10.6 Å². The summed E-state index contributed by atoms with van der Waals surface area (Å²) in [4.78, 5) is 29.6. The van der Waals surface area contributed by atoms with Crippen LogP contribution in [-0.2, 0) is 9.53 Å². The highest BCUT2D eigenvalue weighted by Crippen LogP contribution is 2.27. The third kappa shape index (κ3) is 5.16. The average Bonchev–Trinajstić information content (AvgIpc) is 2.84. The van der Waals surface area contributed by atoms with Gasteiger partial charge >= 0.3 is 0 Å². The van der Waals surface area contributed by atoms with Crippen LogP contribution in [0.5, 0.6) is 5.75 Å². The molecule has 7 nitrogen and oxygen atoms in total. The van der Waals surface area contributed by atoms with Crippen LogP contribution in [0.4, 0.5) is 11.4 Å². The zero-order valence-electron chi connectivity index (χ0n) is 18.3. The third-order valence-electron chi connectivity index (χ3n) is 5.05. The number of amides is 2. The van der Waals surface area contributed by atoms with Gasteiger partial charge in [-0.3, -0.25) is 9.59 Å². The number of methoxy groups -OCH3 is 2. The van der Waals surface area contributed by atoms with Crippen molar-refractivity contribution < 1.29 is 19.1 Å². The number of benzene rings is 3. The van der Waals surface area contributed by atoms with E-state index in [0.717, 1.165) is 22.2 Å². The molecular weight excluding hydrogens is 418 g/mol. The summed E-state index contributed by atoms with van der Waals surface area (Å²) in [6.07, 6.45) is 0. The second-order valence-corrected chi connectivity index (χ2v) is 7.31. The Morgan fingerprint density at radius 3 is 2.18 bits per heavy atom. The fourth-order valence-corrected chi connectivity index (χ4v) is 3.44. The predicted octanol–water partition coefficient (Wildman–Crippen LogP) is 4.75. The molecule has 0 radical (unpaired) electrons. The number of hydrogen-bond acceptors (Lipinski definition) is 5. The van der Waals surface area contributed by atoms with E-state index >= 15 is 0 Å². The molecule has 0 unspecified atom stereocenters. The van der Waals surface area contributed by atoms with Crippen molar-refractivity contribution in [2.75, 3.05) is 31.5 Å². The quantitative estimate of drug-likeness (QED) is 0.432. The minimum atomic E-state index is -0.250. The van der Waals surface area contributed by atoms with Crippen LogP contribution >= 0.6 is 0 Å². The molecule has 166 valence electrons. The number of rotatable bonds is 7. The molecule has 0 fully saturated rings. The van der Waals surface area contributed by atoms with Gasteiger partial charge in [-0.05, 0) is 60.7 Å². The fourth-order valence-electron chi connectivity index (χ4n) is 3.44. The summed E-state index contributed by atoms with van der Waals surface area (Å²) in [7, 11) is 3.08. The molecule has 1 aromatic heterocycles. The van der Waals surface area contributed by atoms with E-state index in [1.807, 2.05) is 48.5 Å². The maximum absolute atomic E-state index is 13.2. The number of hydrogen-bond donors (Lipinski definition) is 2. The van der Waals surface area contributed by atoms with Crippen molar-refractivity contribution in [1.82, 2.24) is 4.98 Å². The molecule has 0 spiro atoms. The Kier molecular flexibility index (Phi) is 6.61. The van der Waals surface area contributed by atoms with E-state index < -0.39 is 0 Å². The highest BCUT2D eigenvalue weighted by atomic mass is 16.5. The molecule has 4 aromatic rings. The van der Waals surface area contributed by atoms with E-state index in [1.54, 1.807) is 37.4 Å². The van der Waals surface area contributed by atoms with Crippen LogP contribution in [0.15, 0.2) is 78.9 Å². The Bertz CT molecular complexity index is 1290. The summed E-state index contributed by atoms with van der Waals surface area (Å²) in [6.45, 7) is -0.0237. The van der Waals surface area contributed by atoms with Gasteiger partial charge in [0.15, 0.2) is 0 Å². The molecule has 3 aromatic carbocycles. The first kappa shape index (κ1) is 22.0. The first-order valence-corrected chi connectivity index (χ1v) is 10.3. The largest absolute Gasteiger partial charge is 0.497 e. The van der Waals surface area contributed by atoms with E-state index in [4.69, 9.17) is 14.5 Å². The van der Waals surface area contributed by atoms with Crippen molar-refractivity contribution in [3.8, 4) is 17.0 Å². The van der Waals surface area contributed by atoms with Gasteiger partial charge in [-0.2, -0.15) is 0 Å². The summed E-state index contributed by atoms with van der Waals surface area (Å²) in [5.74, 6) is 0.252. The van der Waals surface area contributed by atoms with Crippen LogP contribution < -0.4 is 15.4 Å². The lowest BCUT2D eigenvalue weighted by Crippen LogP contribution is -2.17. The molecule has 4 rings (SSSR count). The molecule has 0 aliphatic rings.